The van der Waals surface area contributed by atoms with Gasteiger partial charge in [0.1, 0.15) is 23.2 Å². The van der Waals surface area contributed by atoms with Crippen LogP contribution in [0.15, 0.2) is 12.1 Å². The molecule has 0 saturated heterocycles. The number of rotatable bonds is 0. The standard InChI is InChI=1S/C16H22O5/c1-10-7-12(17)6-4-2-3-5-11-8-13(18)9-14(19)15(11)16(20)21-10/h8-10,12,17-19H,2-7H2,1H3/t10-,12?/m1/s1. The van der Waals surface area contributed by atoms with Crippen molar-refractivity contribution in [2.75, 3.05) is 0 Å². The summed E-state index contributed by atoms with van der Waals surface area (Å²) < 4.78 is 5.30. The number of phenolic OH excluding ortho intramolecular Hbond substituents is 2. The Balaban J connectivity index is 2.30. The number of aliphatic hydroxyl groups is 1. The Bertz CT molecular complexity index is 512. The van der Waals surface area contributed by atoms with Crippen LogP contribution in [0.4, 0.5) is 0 Å². The first kappa shape index (κ1) is 15.6. The number of hydrogen-bond donors (Lipinski definition) is 3. The van der Waals surface area contributed by atoms with Crippen molar-refractivity contribution in [3.05, 3.63) is 23.3 Å². The van der Waals surface area contributed by atoms with Crippen LogP contribution >= 0.6 is 0 Å². The average molecular weight is 294 g/mol. The molecule has 1 aliphatic rings. The molecule has 0 aliphatic carbocycles. The van der Waals surface area contributed by atoms with E-state index in [1.165, 1.54) is 6.07 Å². The lowest BCUT2D eigenvalue weighted by molar-refractivity contribution is 0.0182. The van der Waals surface area contributed by atoms with Crippen molar-refractivity contribution in [3.8, 4) is 11.5 Å². The zero-order valence-corrected chi connectivity index (χ0v) is 12.2. The summed E-state index contributed by atoms with van der Waals surface area (Å²) in [5.74, 6) is -0.933. The smallest absolute Gasteiger partial charge is 0.342 e. The molecule has 2 atom stereocenters. The van der Waals surface area contributed by atoms with E-state index in [9.17, 15) is 20.1 Å². The SMILES string of the molecule is C[C@@H]1CC(O)CCCCCc2cc(O)cc(O)c2C(=O)O1. The van der Waals surface area contributed by atoms with E-state index in [0.29, 0.717) is 24.8 Å². The van der Waals surface area contributed by atoms with Crippen molar-refractivity contribution in [1.82, 2.24) is 0 Å². The minimum Gasteiger partial charge on any atom is -0.508 e. The van der Waals surface area contributed by atoms with E-state index in [1.807, 2.05) is 0 Å². The monoisotopic (exact) mass is 294 g/mol. The third-order valence-electron chi connectivity index (χ3n) is 3.78. The summed E-state index contributed by atoms with van der Waals surface area (Å²) in [5.41, 5.74) is 0.723. The van der Waals surface area contributed by atoms with Gasteiger partial charge in [0.15, 0.2) is 0 Å². The number of hydrogen-bond acceptors (Lipinski definition) is 5. The van der Waals surface area contributed by atoms with Crippen molar-refractivity contribution in [2.24, 2.45) is 0 Å². The number of carbonyl (C=O) groups excluding carboxylic acids is 1. The zero-order chi connectivity index (χ0) is 15.4. The van der Waals surface area contributed by atoms with Crippen LogP contribution in [0, 0.1) is 0 Å². The highest BCUT2D eigenvalue weighted by atomic mass is 16.5. The number of aromatic hydroxyl groups is 2. The summed E-state index contributed by atoms with van der Waals surface area (Å²) in [5, 5.41) is 29.4. The van der Waals surface area contributed by atoms with Crippen molar-refractivity contribution >= 4 is 5.97 Å². The van der Waals surface area contributed by atoms with Gasteiger partial charge in [-0.2, -0.15) is 0 Å². The fraction of sp³-hybridized carbons (Fsp3) is 0.562. The fourth-order valence-corrected chi connectivity index (χ4v) is 2.76. The summed E-state index contributed by atoms with van der Waals surface area (Å²) in [6.45, 7) is 1.73. The van der Waals surface area contributed by atoms with Crippen LogP contribution in [0.5, 0.6) is 11.5 Å². The molecule has 116 valence electrons. The van der Waals surface area contributed by atoms with E-state index in [0.717, 1.165) is 25.3 Å². The highest BCUT2D eigenvalue weighted by Crippen LogP contribution is 2.30. The fourth-order valence-electron chi connectivity index (χ4n) is 2.76. The van der Waals surface area contributed by atoms with Gasteiger partial charge in [0.25, 0.3) is 0 Å². The van der Waals surface area contributed by atoms with Crippen molar-refractivity contribution in [2.45, 2.75) is 57.7 Å². The second-order valence-corrected chi connectivity index (χ2v) is 5.70. The van der Waals surface area contributed by atoms with Gasteiger partial charge in [-0.1, -0.05) is 12.8 Å². The first-order valence-electron chi connectivity index (χ1n) is 7.41. The van der Waals surface area contributed by atoms with Gasteiger partial charge in [-0.05, 0) is 37.8 Å². The molecule has 1 unspecified atom stereocenters. The Morgan fingerprint density at radius 3 is 2.71 bits per heavy atom. The molecule has 0 saturated carbocycles. The predicted molar refractivity (Wildman–Crippen MR) is 77.4 cm³/mol. The Morgan fingerprint density at radius 1 is 1.19 bits per heavy atom. The van der Waals surface area contributed by atoms with E-state index in [4.69, 9.17) is 4.74 Å². The highest BCUT2D eigenvalue weighted by molar-refractivity contribution is 5.94. The number of benzene rings is 1. The molecule has 0 bridgehead atoms. The molecular weight excluding hydrogens is 272 g/mol. The number of ether oxygens (including phenoxy) is 1. The van der Waals surface area contributed by atoms with Gasteiger partial charge >= 0.3 is 5.97 Å². The van der Waals surface area contributed by atoms with Crippen LogP contribution in [0.25, 0.3) is 0 Å². The van der Waals surface area contributed by atoms with E-state index in [1.54, 1.807) is 6.92 Å². The molecule has 0 radical (unpaired) electrons. The highest BCUT2D eigenvalue weighted by Gasteiger charge is 2.23. The lowest BCUT2D eigenvalue weighted by Crippen LogP contribution is -2.22. The summed E-state index contributed by atoms with van der Waals surface area (Å²) in [6, 6.07) is 2.65. The van der Waals surface area contributed by atoms with Gasteiger partial charge in [0.2, 0.25) is 0 Å². The van der Waals surface area contributed by atoms with Crippen LogP contribution in [-0.4, -0.2) is 33.5 Å². The quantitative estimate of drug-likeness (QED) is 0.640. The van der Waals surface area contributed by atoms with E-state index in [-0.39, 0.29) is 17.1 Å². The number of cyclic esters (lactones) is 1. The average Bonchev–Trinajstić information content (AvgIpc) is 2.35. The Morgan fingerprint density at radius 2 is 1.95 bits per heavy atom. The summed E-state index contributed by atoms with van der Waals surface area (Å²) in [6.07, 6.45) is 3.42. The summed E-state index contributed by atoms with van der Waals surface area (Å²) in [7, 11) is 0. The summed E-state index contributed by atoms with van der Waals surface area (Å²) in [4.78, 5) is 12.2. The molecule has 1 aromatic rings. The molecule has 5 nitrogen and oxygen atoms in total. The second-order valence-electron chi connectivity index (χ2n) is 5.70. The molecule has 0 amide bonds. The van der Waals surface area contributed by atoms with E-state index < -0.39 is 18.2 Å². The molecular formula is C16H22O5. The van der Waals surface area contributed by atoms with Crippen LogP contribution < -0.4 is 0 Å². The van der Waals surface area contributed by atoms with Gasteiger partial charge in [-0.25, -0.2) is 4.79 Å². The molecule has 0 aromatic heterocycles. The molecule has 3 N–H and O–H groups in total. The van der Waals surface area contributed by atoms with Crippen LogP contribution in [0.2, 0.25) is 0 Å². The normalized spacial score (nSPS) is 24.4. The maximum absolute atomic E-state index is 12.2. The van der Waals surface area contributed by atoms with E-state index >= 15 is 0 Å². The van der Waals surface area contributed by atoms with Crippen LogP contribution in [0.3, 0.4) is 0 Å². The second kappa shape index (κ2) is 6.80. The number of phenols is 2. The number of carbonyl (C=O) groups is 1. The van der Waals surface area contributed by atoms with E-state index in [2.05, 4.69) is 0 Å². The lowest BCUT2D eigenvalue weighted by Gasteiger charge is -2.20. The maximum atomic E-state index is 12.2. The molecule has 1 heterocycles. The van der Waals surface area contributed by atoms with Crippen molar-refractivity contribution in [3.63, 3.8) is 0 Å². The molecule has 1 aliphatic heterocycles. The van der Waals surface area contributed by atoms with Gasteiger partial charge < -0.3 is 20.1 Å². The number of aliphatic hydroxyl groups excluding tert-OH is 1. The van der Waals surface area contributed by atoms with Gasteiger partial charge in [0, 0.05) is 12.5 Å². The Kier molecular flexibility index (Phi) is 5.07. The van der Waals surface area contributed by atoms with Gasteiger partial charge in [0.05, 0.1) is 6.10 Å². The van der Waals surface area contributed by atoms with Crippen LogP contribution in [0.1, 0.15) is 54.9 Å². The third-order valence-corrected chi connectivity index (χ3v) is 3.78. The molecule has 0 fully saturated rings. The van der Waals surface area contributed by atoms with Crippen LogP contribution in [-0.2, 0) is 11.2 Å². The maximum Gasteiger partial charge on any atom is 0.342 e. The molecule has 1 aromatic carbocycles. The molecule has 2 rings (SSSR count). The largest absolute Gasteiger partial charge is 0.508 e. The Labute approximate surface area is 124 Å². The predicted octanol–water partition coefficient (Wildman–Crippen LogP) is 2.51. The number of fused-ring (bicyclic) bond motifs is 1. The minimum atomic E-state index is -0.609. The molecule has 5 heteroatoms. The third kappa shape index (κ3) is 4.11. The zero-order valence-electron chi connectivity index (χ0n) is 12.2. The molecule has 21 heavy (non-hydrogen) atoms. The lowest BCUT2D eigenvalue weighted by atomic mass is 9.97. The minimum absolute atomic E-state index is 0.0605. The topological polar surface area (TPSA) is 87.0 Å². The first-order chi connectivity index (χ1) is 9.97. The number of aryl methyl sites for hydroxylation is 1. The summed E-state index contributed by atoms with van der Waals surface area (Å²) >= 11 is 0. The Hall–Kier alpha value is -1.75. The van der Waals surface area contributed by atoms with Gasteiger partial charge in [-0.3, -0.25) is 0 Å². The van der Waals surface area contributed by atoms with Crippen molar-refractivity contribution < 1.29 is 24.9 Å². The first-order valence-corrected chi connectivity index (χ1v) is 7.41. The van der Waals surface area contributed by atoms with Crippen molar-refractivity contribution in [1.29, 1.82) is 0 Å². The molecule has 0 spiro atoms. The van der Waals surface area contributed by atoms with Gasteiger partial charge in [-0.15, -0.1) is 0 Å². The number of esters is 1.